The van der Waals surface area contributed by atoms with Crippen molar-refractivity contribution in [1.82, 2.24) is 25.2 Å². The van der Waals surface area contributed by atoms with Gasteiger partial charge in [-0.15, -0.1) is 5.10 Å². The highest BCUT2D eigenvalue weighted by Gasteiger charge is 2.08. The molecule has 2 aromatic heterocycles. The number of anilines is 1. The number of hydrogen-bond donors (Lipinski definition) is 1. The molecule has 0 aliphatic heterocycles. The average Bonchev–Trinajstić information content (AvgIpc) is 2.77. The smallest absolute Gasteiger partial charge is 0.223 e. The number of amides is 1. The van der Waals surface area contributed by atoms with E-state index in [2.05, 4.69) is 25.8 Å². The van der Waals surface area contributed by atoms with Gasteiger partial charge < -0.3 is 5.32 Å². The summed E-state index contributed by atoms with van der Waals surface area (Å²) < 4.78 is 2.49. The number of rotatable bonds is 3. The summed E-state index contributed by atoms with van der Waals surface area (Å²) >= 11 is 2.78. The summed E-state index contributed by atoms with van der Waals surface area (Å²) in [6.07, 6.45) is 1.68. The molecule has 0 spiro atoms. The van der Waals surface area contributed by atoms with Crippen LogP contribution in [0.25, 0.3) is 0 Å². The van der Waals surface area contributed by atoms with Gasteiger partial charge in [0.15, 0.2) is 5.13 Å². The van der Waals surface area contributed by atoms with Crippen LogP contribution in [0.4, 0.5) is 5.13 Å². The number of carbonyl (C=O) groups is 1. The summed E-state index contributed by atoms with van der Waals surface area (Å²) in [5, 5.41) is 15.0. The zero-order chi connectivity index (χ0) is 11.5. The maximum atomic E-state index is 10.8. The van der Waals surface area contributed by atoms with Crippen molar-refractivity contribution in [2.45, 2.75) is 16.3 Å². The number of aromatic nitrogens is 5. The molecule has 0 saturated heterocycles. The predicted molar refractivity (Wildman–Crippen MR) is 59.3 cm³/mol. The first-order chi connectivity index (χ1) is 7.65. The highest BCUT2D eigenvalue weighted by Crippen LogP contribution is 2.32. The van der Waals surface area contributed by atoms with Crippen LogP contribution in [0.15, 0.2) is 15.6 Å². The van der Waals surface area contributed by atoms with E-state index in [-0.39, 0.29) is 5.91 Å². The number of aryl methyl sites for hydroxylation is 1. The van der Waals surface area contributed by atoms with Crippen molar-refractivity contribution in [2.24, 2.45) is 7.05 Å². The van der Waals surface area contributed by atoms with Gasteiger partial charge in [0.05, 0.1) is 10.4 Å². The summed E-state index contributed by atoms with van der Waals surface area (Å²) in [6.45, 7) is 1.45. The van der Waals surface area contributed by atoms with Crippen LogP contribution in [0.2, 0.25) is 0 Å². The Bertz CT molecular complexity index is 506. The van der Waals surface area contributed by atoms with Gasteiger partial charge in [-0.3, -0.25) is 4.79 Å². The van der Waals surface area contributed by atoms with Gasteiger partial charge in [0, 0.05) is 14.0 Å². The monoisotopic (exact) mass is 256 g/mol. The molecule has 0 aromatic carbocycles. The summed E-state index contributed by atoms with van der Waals surface area (Å²) in [4.78, 5) is 14.9. The molecule has 0 unspecified atom stereocenters. The van der Waals surface area contributed by atoms with Gasteiger partial charge in [0.2, 0.25) is 11.1 Å². The highest BCUT2D eigenvalue weighted by molar-refractivity contribution is 8.01. The highest BCUT2D eigenvalue weighted by atomic mass is 32.2. The van der Waals surface area contributed by atoms with Gasteiger partial charge in [-0.05, 0) is 22.2 Å². The fourth-order valence-electron chi connectivity index (χ4n) is 0.913. The first-order valence-corrected chi connectivity index (χ1v) is 5.92. The predicted octanol–water partition coefficient (Wildman–Crippen LogP) is 0.776. The molecule has 9 heteroatoms. The normalized spacial score (nSPS) is 10.4. The molecule has 2 heterocycles. The van der Waals surface area contributed by atoms with Crippen molar-refractivity contribution in [3.05, 3.63) is 6.20 Å². The van der Waals surface area contributed by atoms with Crippen LogP contribution in [0.5, 0.6) is 0 Å². The van der Waals surface area contributed by atoms with Crippen molar-refractivity contribution in [1.29, 1.82) is 0 Å². The van der Waals surface area contributed by atoms with Crippen LogP contribution in [-0.4, -0.2) is 31.1 Å². The number of hydrogen-bond acceptors (Lipinski definition) is 7. The van der Waals surface area contributed by atoms with Crippen molar-refractivity contribution in [3.63, 3.8) is 0 Å². The molecule has 16 heavy (non-hydrogen) atoms. The van der Waals surface area contributed by atoms with Gasteiger partial charge in [0.25, 0.3) is 0 Å². The van der Waals surface area contributed by atoms with Crippen molar-refractivity contribution in [2.75, 3.05) is 5.32 Å². The molecule has 2 aromatic rings. The minimum atomic E-state index is -0.133. The van der Waals surface area contributed by atoms with Gasteiger partial charge in [0.1, 0.15) is 0 Å². The Balaban J connectivity index is 2.08. The molecule has 2 rings (SSSR count). The lowest BCUT2D eigenvalue weighted by atomic mass is 10.7. The van der Waals surface area contributed by atoms with E-state index in [0.717, 1.165) is 4.21 Å². The third-order valence-electron chi connectivity index (χ3n) is 1.54. The zero-order valence-electron chi connectivity index (χ0n) is 8.54. The van der Waals surface area contributed by atoms with E-state index in [0.29, 0.717) is 10.3 Å². The first-order valence-electron chi connectivity index (χ1n) is 4.29. The Morgan fingerprint density at radius 3 is 3.06 bits per heavy atom. The second-order valence-electron chi connectivity index (χ2n) is 2.85. The van der Waals surface area contributed by atoms with Crippen LogP contribution in [0.1, 0.15) is 6.92 Å². The number of nitrogens with one attached hydrogen (secondary N) is 1. The minimum Gasteiger partial charge on any atom is -0.302 e. The molecule has 0 aliphatic rings. The van der Waals surface area contributed by atoms with E-state index in [1.165, 1.54) is 30.0 Å². The molecular weight excluding hydrogens is 248 g/mol. The van der Waals surface area contributed by atoms with Crippen LogP contribution in [0.3, 0.4) is 0 Å². The molecule has 0 radical (unpaired) electrons. The van der Waals surface area contributed by atoms with Crippen LogP contribution < -0.4 is 5.32 Å². The zero-order valence-corrected chi connectivity index (χ0v) is 10.2. The largest absolute Gasteiger partial charge is 0.302 e. The molecule has 1 N–H and O–H groups in total. The second kappa shape index (κ2) is 4.58. The standard InChI is InChI=1S/C7H8N6OS2/c1-4(14)9-6-8-3-5(15-6)16-7-10-11-12-13(7)2/h3H,1-2H3,(H,8,9,14). The van der Waals surface area contributed by atoms with E-state index in [1.807, 2.05) is 0 Å². The van der Waals surface area contributed by atoms with Crippen molar-refractivity contribution >= 4 is 34.1 Å². The van der Waals surface area contributed by atoms with E-state index >= 15 is 0 Å². The van der Waals surface area contributed by atoms with Crippen LogP contribution in [-0.2, 0) is 11.8 Å². The van der Waals surface area contributed by atoms with E-state index in [4.69, 9.17) is 0 Å². The summed E-state index contributed by atoms with van der Waals surface area (Å²) in [5.74, 6) is -0.133. The molecule has 0 atom stereocenters. The molecule has 0 bridgehead atoms. The Labute approximate surface area is 99.3 Å². The lowest BCUT2D eigenvalue weighted by Crippen LogP contribution is -2.04. The quantitative estimate of drug-likeness (QED) is 0.873. The number of thiazole rings is 1. The van der Waals surface area contributed by atoms with Gasteiger partial charge in [-0.25, -0.2) is 9.67 Å². The summed E-state index contributed by atoms with van der Waals surface area (Å²) in [6, 6.07) is 0. The Morgan fingerprint density at radius 2 is 2.44 bits per heavy atom. The third kappa shape index (κ3) is 2.55. The molecule has 7 nitrogen and oxygen atoms in total. The molecule has 1 amide bonds. The minimum absolute atomic E-state index is 0.133. The summed E-state index contributed by atoms with van der Waals surface area (Å²) in [5.41, 5.74) is 0. The third-order valence-corrected chi connectivity index (χ3v) is 3.58. The van der Waals surface area contributed by atoms with Gasteiger partial charge in [-0.2, -0.15) is 0 Å². The number of carbonyl (C=O) groups excluding carboxylic acids is 1. The Morgan fingerprint density at radius 1 is 1.62 bits per heavy atom. The molecule has 84 valence electrons. The SMILES string of the molecule is CC(=O)Nc1ncc(Sc2nnnn2C)s1. The average molecular weight is 256 g/mol. The van der Waals surface area contributed by atoms with E-state index in [1.54, 1.807) is 17.9 Å². The van der Waals surface area contributed by atoms with Gasteiger partial charge >= 0.3 is 0 Å². The van der Waals surface area contributed by atoms with Crippen molar-refractivity contribution in [3.8, 4) is 0 Å². The topological polar surface area (TPSA) is 85.6 Å². The maximum Gasteiger partial charge on any atom is 0.223 e. The van der Waals surface area contributed by atoms with Crippen LogP contribution >= 0.6 is 23.1 Å². The molecule has 0 saturated carbocycles. The Kier molecular flexibility index (Phi) is 3.15. The fourth-order valence-corrected chi connectivity index (χ4v) is 2.67. The van der Waals surface area contributed by atoms with Crippen LogP contribution in [0, 0.1) is 0 Å². The lowest BCUT2D eigenvalue weighted by molar-refractivity contribution is -0.114. The number of nitrogens with zero attached hydrogens (tertiary/aromatic N) is 5. The molecular formula is C7H8N6OS2. The fraction of sp³-hybridized carbons (Fsp3) is 0.286. The number of tetrazole rings is 1. The first kappa shape index (κ1) is 11.0. The summed E-state index contributed by atoms with van der Waals surface area (Å²) in [7, 11) is 1.76. The van der Waals surface area contributed by atoms with E-state index < -0.39 is 0 Å². The molecule has 0 fully saturated rings. The lowest BCUT2D eigenvalue weighted by Gasteiger charge is -1.94. The molecule has 0 aliphatic carbocycles. The van der Waals surface area contributed by atoms with Crippen molar-refractivity contribution < 1.29 is 4.79 Å². The second-order valence-corrected chi connectivity index (χ2v) is 5.15. The van der Waals surface area contributed by atoms with Gasteiger partial charge in [-0.1, -0.05) is 11.3 Å². The van der Waals surface area contributed by atoms with E-state index in [9.17, 15) is 4.79 Å². The Hall–Kier alpha value is -1.48. The maximum absolute atomic E-state index is 10.8.